The van der Waals surface area contributed by atoms with Gasteiger partial charge in [0.1, 0.15) is 5.01 Å². The van der Waals surface area contributed by atoms with Gasteiger partial charge in [-0.25, -0.2) is 4.98 Å². The number of thioether (sulfide) groups is 1. The summed E-state index contributed by atoms with van der Waals surface area (Å²) in [6.07, 6.45) is 7.08. The van der Waals surface area contributed by atoms with Crippen molar-refractivity contribution in [2.24, 2.45) is 0 Å². The maximum Gasteiger partial charge on any atom is 0.103 e. The van der Waals surface area contributed by atoms with Crippen LogP contribution >= 0.6 is 34.7 Å². The van der Waals surface area contributed by atoms with Gasteiger partial charge in [0.05, 0.1) is 11.6 Å². The average Bonchev–Trinajstić information content (AvgIpc) is 2.76. The minimum atomic E-state index is 0.546. The van der Waals surface area contributed by atoms with Gasteiger partial charge in [-0.15, -0.1) is 22.9 Å². The summed E-state index contributed by atoms with van der Waals surface area (Å²) in [5, 5.41) is 4.19. The highest BCUT2D eigenvalue weighted by molar-refractivity contribution is 7.99. The van der Waals surface area contributed by atoms with Crippen molar-refractivity contribution in [2.45, 2.75) is 49.0 Å². The number of aromatic nitrogens is 1. The molecule has 0 radical (unpaired) electrons. The molecule has 2 rings (SSSR count). The van der Waals surface area contributed by atoms with Gasteiger partial charge in [0.2, 0.25) is 0 Å². The molecular weight excluding hydrogens is 246 g/mol. The molecule has 84 valence electrons. The molecule has 0 aliphatic heterocycles. The molecule has 0 unspecified atom stereocenters. The first-order valence-corrected chi connectivity index (χ1v) is 7.95. The summed E-state index contributed by atoms with van der Waals surface area (Å²) in [5.74, 6) is 1.62. The Labute approximate surface area is 105 Å². The molecule has 0 N–H and O–H groups in total. The van der Waals surface area contributed by atoms with E-state index in [1.807, 2.05) is 0 Å². The van der Waals surface area contributed by atoms with E-state index in [9.17, 15) is 0 Å². The van der Waals surface area contributed by atoms with Crippen LogP contribution in [0, 0.1) is 0 Å². The summed E-state index contributed by atoms with van der Waals surface area (Å²) >= 11 is 9.55. The summed E-state index contributed by atoms with van der Waals surface area (Å²) in [5.41, 5.74) is 1.03. The molecule has 0 bridgehead atoms. The van der Waals surface area contributed by atoms with Crippen molar-refractivity contribution in [1.29, 1.82) is 0 Å². The van der Waals surface area contributed by atoms with Crippen molar-refractivity contribution in [2.75, 3.05) is 0 Å². The minimum absolute atomic E-state index is 0.546. The number of halogens is 1. The predicted molar refractivity (Wildman–Crippen MR) is 69.8 cm³/mol. The predicted octanol–water partition coefficient (Wildman–Crippen LogP) is 4.45. The zero-order valence-electron chi connectivity index (χ0n) is 8.75. The fourth-order valence-corrected chi connectivity index (χ4v) is 4.29. The second-order valence-corrected chi connectivity index (χ2v) is 6.44. The average molecular weight is 262 g/mol. The summed E-state index contributed by atoms with van der Waals surface area (Å²) < 4.78 is 0. The van der Waals surface area contributed by atoms with Crippen LogP contribution in [0.5, 0.6) is 0 Å². The van der Waals surface area contributed by atoms with Crippen LogP contribution in [0.1, 0.15) is 42.8 Å². The summed E-state index contributed by atoms with van der Waals surface area (Å²) in [4.78, 5) is 4.48. The normalized spacial score (nSPS) is 18.2. The summed E-state index contributed by atoms with van der Waals surface area (Å²) in [7, 11) is 0. The molecule has 0 saturated heterocycles. The van der Waals surface area contributed by atoms with Gasteiger partial charge in [0, 0.05) is 16.4 Å². The van der Waals surface area contributed by atoms with E-state index >= 15 is 0 Å². The van der Waals surface area contributed by atoms with Gasteiger partial charge in [-0.05, 0) is 12.8 Å². The van der Waals surface area contributed by atoms with Crippen LogP contribution in [-0.4, -0.2) is 10.2 Å². The lowest BCUT2D eigenvalue weighted by molar-refractivity contribution is 0.516. The fraction of sp³-hybridized carbons (Fsp3) is 0.727. The minimum Gasteiger partial charge on any atom is -0.244 e. The zero-order chi connectivity index (χ0) is 10.5. The second kappa shape index (κ2) is 6.12. The highest BCUT2D eigenvalue weighted by Gasteiger charge is 2.14. The van der Waals surface area contributed by atoms with E-state index in [0.717, 1.165) is 16.7 Å². The molecule has 1 aromatic heterocycles. The van der Waals surface area contributed by atoms with Gasteiger partial charge in [0.15, 0.2) is 0 Å². The molecule has 15 heavy (non-hydrogen) atoms. The Hall–Kier alpha value is 0.270. The lowest BCUT2D eigenvalue weighted by Gasteiger charge is -2.20. The van der Waals surface area contributed by atoms with Gasteiger partial charge < -0.3 is 0 Å². The summed E-state index contributed by atoms with van der Waals surface area (Å²) in [6, 6.07) is 0. The Morgan fingerprint density at radius 1 is 1.40 bits per heavy atom. The summed E-state index contributed by atoms with van der Waals surface area (Å²) in [6.45, 7) is 0. The Morgan fingerprint density at radius 2 is 2.20 bits per heavy atom. The van der Waals surface area contributed by atoms with Gasteiger partial charge in [0.25, 0.3) is 0 Å². The van der Waals surface area contributed by atoms with Crippen LogP contribution in [-0.2, 0) is 11.6 Å². The molecule has 1 nitrogen and oxygen atoms in total. The molecule has 1 aromatic rings. The van der Waals surface area contributed by atoms with Crippen molar-refractivity contribution in [3.8, 4) is 0 Å². The first-order chi connectivity index (χ1) is 7.38. The lowest BCUT2D eigenvalue weighted by atomic mass is 10.0. The molecular formula is C11H16ClNS2. The monoisotopic (exact) mass is 261 g/mol. The highest BCUT2D eigenvalue weighted by atomic mass is 35.5. The van der Waals surface area contributed by atoms with Crippen LogP contribution in [0.4, 0.5) is 0 Å². The third-order valence-corrected chi connectivity index (χ3v) is 5.47. The van der Waals surface area contributed by atoms with Crippen LogP contribution in [0.15, 0.2) is 5.38 Å². The number of hydrogen-bond donors (Lipinski definition) is 0. The molecule has 4 heteroatoms. The highest BCUT2D eigenvalue weighted by Crippen LogP contribution is 2.31. The van der Waals surface area contributed by atoms with Crippen molar-refractivity contribution >= 4 is 34.7 Å². The van der Waals surface area contributed by atoms with E-state index in [1.54, 1.807) is 11.3 Å². The number of thiazole rings is 1. The van der Waals surface area contributed by atoms with Crippen LogP contribution in [0.25, 0.3) is 0 Å². The van der Waals surface area contributed by atoms with Gasteiger partial charge in [-0.1, -0.05) is 19.3 Å². The first-order valence-electron chi connectivity index (χ1n) is 5.49. The molecule has 0 aromatic carbocycles. The van der Waals surface area contributed by atoms with E-state index < -0.39 is 0 Å². The third-order valence-electron chi connectivity index (χ3n) is 2.73. The maximum absolute atomic E-state index is 5.73. The van der Waals surface area contributed by atoms with E-state index in [2.05, 4.69) is 22.1 Å². The van der Waals surface area contributed by atoms with E-state index in [-0.39, 0.29) is 0 Å². The van der Waals surface area contributed by atoms with E-state index in [4.69, 9.17) is 11.6 Å². The van der Waals surface area contributed by atoms with Gasteiger partial charge >= 0.3 is 0 Å². The van der Waals surface area contributed by atoms with Crippen molar-refractivity contribution < 1.29 is 0 Å². The standard InChI is InChI=1S/C11H16ClNS2/c12-6-9-7-15-11(13-9)8-14-10-4-2-1-3-5-10/h7,10H,1-6,8H2. The molecule has 0 atom stereocenters. The molecule has 1 heterocycles. The Bertz CT molecular complexity index is 295. The van der Waals surface area contributed by atoms with E-state index in [1.165, 1.54) is 37.1 Å². The quantitative estimate of drug-likeness (QED) is 0.743. The Kier molecular flexibility index (Phi) is 4.79. The Balaban J connectivity index is 1.76. The van der Waals surface area contributed by atoms with Crippen molar-refractivity contribution in [1.82, 2.24) is 4.98 Å². The number of alkyl halides is 1. The smallest absolute Gasteiger partial charge is 0.103 e. The number of rotatable bonds is 4. The topological polar surface area (TPSA) is 12.9 Å². The van der Waals surface area contributed by atoms with E-state index in [0.29, 0.717) is 5.88 Å². The number of nitrogens with zero attached hydrogens (tertiary/aromatic N) is 1. The lowest BCUT2D eigenvalue weighted by Crippen LogP contribution is -2.08. The molecule has 1 aliphatic rings. The Morgan fingerprint density at radius 3 is 2.87 bits per heavy atom. The van der Waals surface area contributed by atoms with Crippen molar-refractivity contribution in [3.63, 3.8) is 0 Å². The largest absolute Gasteiger partial charge is 0.244 e. The fourth-order valence-electron chi connectivity index (χ4n) is 1.90. The molecule has 0 amide bonds. The van der Waals surface area contributed by atoms with Gasteiger partial charge in [-0.2, -0.15) is 11.8 Å². The van der Waals surface area contributed by atoms with Crippen LogP contribution in [0.3, 0.4) is 0 Å². The van der Waals surface area contributed by atoms with Crippen molar-refractivity contribution in [3.05, 3.63) is 16.1 Å². The third kappa shape index (κ3) is 3.65. The van der Waals surface area contributed by atoms with Gasteiger partial charge in [-0.3, -0.25) is 0 Å². The first kappa shape index (κ1) is 11.7. The van der Waals surface area contributed by atoms with Crippen LogP contribution < -0.4 is 0 Å². The molecule has 0 spiro atoms. The second-order valence-electron chi connectivity index (χ2n) is 3.94. The zero-order valence-corrected chi connectivity index (χ0v) is 11.1. The maximum atomic E-state index is 5.73. The number of hydrogen-bond acceptors (Lipinski definition) is 3. The van der Waals surface area contributed by atoms with Crippen LogP contribution in [0.2, 0.25) is 0 Å². The molecule has 1 saturated carbocycles. The molecule has 1 aliphatic carbocycles. The SMILES string of the molecule is ClCc1csc(CSC2CCCCC2)n1. The molecule has 1 fully saturated rings.